The Bertz CT molecular complexity index is 242. The van der Waals surface area contributed by atoms with E-state index in [1.165, 1.54) is 18.4 Å². The van der Waals surface area contributed by atoms with Crippen molar-refractivity contribution < 1.29 is 5.11 Å². The van der Waals surface area contributed by atoms with Crippen molar-refractivity contribution in [2.45, 2.75) is 46.0 Å². The van der Waals surface area contributed by atoms with Gasteiger partial charge in [0.1, 0.15) is 0 Å². The molecule has 0 aliphatic heterocycles. The van der Waals surface area contributed by atoms with Gasteiger partial charge in [0.15, 0.2) is 0 Å². The Morgan fingerprint density at radius 3 is 2.93 bits per heavy atom. The standard InChI is InChI=1S/C14H24O/c1-4-5-6-10-14(11-15)12(2)8-7-9-13(14)3/h4,8,13,15H,1,5-7,9-11H2,2-3H3/t13-,14+/m0/s1. The molecule has 1 heteroatoms. The molecular formula is C14H24O. The molecule has 1 rings (SSSR count). The lowest BCUT2D eigenvalue weighted by Gasteiger charge is -2.42. The maximum atomic E-state index is 9.72. The summed E-state index contributed by atoms with van der Waals surface area (Å²) < 4.78 is 0. The first-order valence-corrected chi connectivity index (χ1v) is 6.06. The van der Waals surface area contributed by atoms with Crippen LogP contribution in [-0.2, 0) is 0 Å². The van der Waals surface area contributed by atoms with E-state index in [0.717, 1.165) is 19.3 Å². The third kappa shape index (κ3) is 2.52. The van der Waals surface area contributed by atoms with E-state index in [-0.39, 0.29) is 5.41 Å². The van der Waals surface area contributed by atoms with E-state index in [2.05, 4.69) is 26.5 Å². The molecule has 2 atom stereocenters. The van der Waals surface area contributed by atoms with Crippen LogP contribution in [0.3, 0.4) is 0 Å². The second kappa shape index (κ2) is 5.50. The van der Waals surface area contributed by atoms with Gasteiger partial charge in [-0.2, -0.15) is 0 Å². The van der Waals surface area contributed by atoms with Crippen molar-refractivity contribution in [3.63, 3.8) is 0 Å². The minimum atomic E-state index is 0.0568. The number of aliphatic hydroxyl groups excluding tert-OH is 1. The van der Waals surface area contributed by atoms with Crippen LogP contribution in [0.5, 0.6) is 0 Å². The highest BCUT2D eigenvalue weighted by molar-refractivity contribution is 5.17. The van der Waals surface area contributed by atoms with E-state index in [1.807, 2.05) is 6.08 Å². The fourth-order valence-corrected chi connectivity index (χ4v) is 2.78. The number of allylic oxidation sites excluding steroid dienone is 2. The van der Waals surface area contributed by atoms with Crippen molar-refractivity contribution in [1.82, 2.24) is 0 Å². The van der Waals surface area contributed by atoms with Gasteiger partial charge < -0.3 is 5.11 Å². The van der Waals surface area contributed by atoms with Crippen molar-refractivity contribution in [3.05, 3.63) is 24.3 Å². The lowest BCUT2D eigenvalue weighted by atomic mass is 9.64. The molecule has 0 heterocycles. The molecule has 1 aliphatic carbocycles. The summed E-state index contributed by atoms with van der Waals surface area (Å²) in [5, 5.41) is 9.72. The summed E-state index contributed by atoms with van der Waals surface area (Å²) in [5.74, 6) is 0.609. The van der Waals surface area contributed by atoms with E-state index in [4.69, 9.17) is 0 Å². The van der Waals surface area contributed by atoms with Gasteiger partial charge in [-0.3, -0.25) is 0 Å². The second-order valence-electron chi connectivity index (χ2n) is 4.86. The smallest absolute Gasteiger partial charge is 0.0527 e. The summed E-state index contributed by atoms with van der Waals surface area (Å²) in [6.07, 6.45) is 9.96. The van der Waals surface area contributed by atoms with Crippen LogP contribution in [0, 0.1) is 11.3 Å². The van der Waals surface area contributed by atoms with Gasteiger partial charge >= 0.3 is 0 Å². The Balaban J connectivity index is 2.74. The minimum Gasteiger partial charge on any atom is -0.395 e. The molecule has 0 aromatic carbocycles. The first-order chi connectivity index (χ1) is 7.17. The van der Waals surface area contributed by atoms with E-state index in [0.29, 0.717) is 12.5 Å². The summed E-state index contributed by atoms with van der Waals surface area (Å²) in [5.41, 5.74) is 1.45. The van der Waals surface area contributed by atoms with Crippen molar-refractivity contribution in [3.8, 4) is 0 Å². The van der Waals surface area contributed by atoms with E-state index in [9.17, 15) is 5.11 Å². The largest absolute Gasteiger partial charge is 0.395 e. The van der Waals surface area contributed by atoms with Gasteiger partial charge in [-0.25, -0.2) is 0 Å². The Kier molecular flexibility index (Phi) is 4.59. The zero-order valence-electron chi connectivity index (χ0n) is 10.1. The highest BCUT2D eigenvalue weighted by atomic mass is 16.3. The summed E-state index contributed by atoms with van der Waals surface area (Å²) in [7, 11) is 0. The fourth-order valence-electron chi connectivity index (χ4n) is 2.78. The maximum absolute atomic E-state index is 9.72. The van der Waals surface area contributed by atoms with Gasteiger partial charge in [-0.1, -0.05) is 24.6 Å². The maximum Gasteiger partial charge on any atom is 0.0527 e. The van der Waals surface area contributed by atoms with Crippen LogP contribution in [0.2, 0.25) is 0 Å². The second-order valence-corrected chi connectivity index (χ2v) is 4.86. The molecule has 0 saturated heterocycles. The molecule has 0 aromatic rings. The molecule has 0 saturated carbocycles. The van der Waals surface area contributed by atoms with Crippen molar-refractivity contribution in [2.24, 2.45) is 11.3 Å². The van der Waals surface area contributed by atoms with Crippen LogP contribution in [0.4, 0.5) is 0 Å². The van der Waals surface area contributed by atoms with Crippen LogP contribution >= 0.6 is 0 Å². The number of rotatable bonds is 5. The quantitative estimate of drug-likeness (QED) is 0.539. The molecule has 0 bridgehead atoms. The van der Waals surface area contributed by atoms with Gasteiger partial charge in [0.05, 0.1) is 6.61 Å². The van der Waals surface area contributed by atoms with Crippen LogP contribution in [-0.4, -0.2) is 11.7 Å². The zero-order valence-corrected chi connectivity index (χ0v) is 10.1. The van der Waals surface area contributed by atoms with Gasteiger partial charge in [-0.05, 0) is 44.9 Å². The van der Waals surface area contributed by atoms with Crippen molar-refractivity contribution >= 4 is 0 Å². The number of unbranched alkanes of at least 4 members (excludes halogenated alkanes) is 1. The Morgan fingerprint density at radius 2 is 2.40 bits per heavy atom. The summed E-state index contributed by atoms with van der Waals surface area (Å²) in [6.45, 7) is 8.51. The monoisotopic (exact) mass is 208 g/mol. The van der Waals surface area contributed by atoms with E-state index in [1.54, 1.807) is 0 Å². The molecular weight excluding hydrogens is 184 g/mol. The van der Waals surface area contributed by atoms with Crippen molar-refractivity contribution in [1.29, 1.82) is 0 Å². The van der Waals surface area contributed by atoms with E-state index >= 15 is 0 Å². The van der Waals surface area contributed by atoms with Crippen LogP contribution in [0.25, 0.3) is 0 Å². The van der Waals surface area contributed by atoms with Crippen LogP contribution < -0.4 is 0 Å². The predicted molar refractivity (Wildman–Crippen MR) is 65.7 cm³/mol. The lowest BCUT2D eigenvalue weighted by Crippen LogP contribution is -2.36. The average Bonchev–Trinajstić information content (AvgIpc) is 2.23. The minimum absolute atomic E-state index is 0.0568. The molecule has 1 aliphatic rings. The summed E-state index contributed by atoms with van der Waals surface area (Å²) >= 11 is 0. The zero-order chi connectivity index (χ0) is 11.3. The molecule has 1 N–H and O–H groups in total. The van der Waals surface area contributed by atoms with Crippen LogP contribution in [0.15, 0.2) is 24.3 Å². The summed E-state index contributed by atoms with van der Waals surface area (Å²) in [4.78, 5) is 0. The van der Waals surface area contributed by atoms with Gasteiger partial charge in [0, 0.05) is 5.41 Å². The summed E-state index contributed by atoms with van der Waals surface area (Å²) in [6, 6.07) is 0. The first kappa shape index (κ1) is 12.5. The number of hydrogen-bond acceptors (Lipinski definition) is 1. The third-order valence-corrected chi connectivity index (χ3v) is 4.09. The SMILES string of the molecule is C=CCCC[C@@]1(CO)C(C)=CCC[C@@H]1C. The van der Waals surface area contributed by atoms with Gasteiger partial charge in [0.2, 0.25) is 0 Å². The highest BCUT2D eigenvalue weighted by Crippen LogP contribution is 2.45. The first-order valence-electron chi connectivity index (χ1n) is 6.06. The average molecular weight is 208 g/mol. The topological polar surface area (TPSA) is 20.2 Å². The highest BCUT2D eigenvalue weighted by Gasteiger charge is 2.38. The third-order valence-electron chi connectivity index (χ3n) is 4.09. The van der Waals surface area contributed by atoms with Gasteiger partial charge in [-0.15, -0.1) is 6.58 Å². The molecule has 0 spiro atoms. The Hall–Kier alpha value is -0.560. The Labute approximate surface area is 93.9 Å². The van der Waals surface area contributed by atoms with E-state index < -0.39 is 0 Å². The molecule has 0 unspecified atom stereocenters. The molecule has 86 valence electrons. The normalized spacial score (nSPS) is 31.1. The lowest BCUT2D eigenvalue weighted by molar-refractivity contribution is 0.0814. The molecule has 1 nitrogen and oxygen atoms in total. The molecule has 0 amide bonds. The van der Waals surface area contributed by atoms with Crippen molar-refractivity contribution in [2.75, 3.05) is 6.61 Å². The van der Waals surface area contributed by atoms with Crippen LogP contribution in [0.1, 0.15) is 46.0 Å². The van der Waals surface area contributed by atoms with Gasteiger partial charge in [0.25, 0.3) is 0 Å². The molecule has 0 radical (unpaired) electrons. The molecule has 0 fully saturated rings. The number of hydrogen-bond donors (Lipinski definition) is 1. The molecule has 0 aromatic heterocycles. The molecule has 15 heavy (non-hydrogen) atoms. The fraction of sp³-hybridized carbons (Fsp3) is 0.714. The predicted octanol–water partition coefficient (Wildman–Crippen LogP) is 3.70. The number of aliphatic hydroxyl groups is 1. The Morgan fingerprint density at radius 1 is 1.67 bits per heavy atom.